The van der Waals surface area contributed by atoms with Gasteiger partial charge in [-0.05, 0) is 71.9 Å². The molecule has 4 aromatic rings. The molecular formula is C25H17Cl2FN2O5S. The molecule has 0 atom stereocenters. The summed E-state index contributed by atoms with van der Waals surface area (Å²) < 4.78 is 30.0. The molecule has 0 saturated carbocycles. The highest BCUT2D eigenvalue weighted by Crippen LogP contribution is 2.36. The van der Waals surface area contributed by atoms with Crippen molar-refractivity contribution < 1.29 is 28.2 Å². The van der Waals surface area contributed by atoms with Crippen LogP contribution < -0.4 is 9.47 Å². The van der Waals surface area contributed by atoms with Crippen LogP contribution in [-0.2, 0) is 11.4 Å². The van der Waals surface area contributed by atoms with Gasteiger partial charge in [-0.15, -0.1) is 10.2 Å². The molecule has 0 bridgehead atoms. The van der Waals surface area contributed by atoms with Gasteiger partial charge in [0.15, 0.2) is 0 Å². The van der Waals surface area contributed by atoms with E-state index in [-0.39, 0.29) is 28.4 Å². The smallest absolute Gasteiger partial charge is 0.342 e. The first-order chi connectivity index (χ1) is 17.3. The van der Waals surface area contributed by atoms with E-state index in [9.17, 15) is 14.3 Å². The highest BCUT2D eigenvalue weighted by atomic mass is 35.5. The molecule has 1 heterocycles. The number of rotatable bonds is 9. The zero-order valence-corrected chi connectivity index (χ0v) is 20.9. The molecule has 0 spiro atoms. The van der Waals surface area contributed by atoms with Crippen LogP contribution in [0.1, 0.15) is 11.1 Å². The van der Waals surface area contributed by atoms with Gasteiger partial charge in [-0.25, -0.2) is 9.18 Å². The predicted molar refractivity (Wildman–Crippen MR) is 135 cm³/mol. The largest absolute Gasteiger partial charge is 0.496 e. The number of benzene rings is 3. The average molecular weight is 547 g/mol. The normalized spacial score (nSPS) is 11.4. The average Bonchev–Trinajstić information content (AvgIpc) is 3.32. The minimum atomic E-state index is -1.22. The Hall–Kier alpha value is -3.53. The Morgan fingerprint density at radius 1 is 1.06 bits per heavy atom. The van der Waals surface area contributed by atoms with Crippen LogP contribution in [0.25, 0.3) is 17.5 Å². The summed E-state index contributed by atoms with van der Waals surface area (Å²) in [5.41, 5.74) is 1.63. The number of nitrogens with zero attached hydrogens (tertiary/aromatic N) is 2. The standard InChI is InChI=1S/C25H17Cl2FN2O5S/c1-33-21-9-5-17(27)12-19(21)23-29-30-25(35-23)36-22(24(31)32)11-15-10-16(26)4-8-20(15)34-13-14-2-6-18(28)7-3-14/h2-12H,13H2,1H3,(H,31,32)/b22-11-. The summed E-state index contributed by atoms with van der Waals surface area (Å²) in [7, 11) is 1.49. The summed E-state index contributed by atoms with van der Waals surface area (Å²) in [6.07, 6.45) is 1.39. The van der Waals surface area contributed by atoms with Gasteiger partial charge in [0.1, 0.15) is 28.8 Å². The second-order valence-corrected chi connectivity index (χ2v) is 9.10. The first-order valence-electron chi connectivity index (χ1n) is 10.3. The molecule has 1 aromatic heterocycles. The summed E-state index contributed by atoms with van der Waals surface area (Å²) in [5.74, 6) is -0.597. The van der Waals surface area contributed by atoms with Crippen molar-refractivity contribution in [1.29, 1.82) is 0 Å². The van der Waals surface area contributed by atoms with Crippen molar-refractivity contribution >= 4 is 47.0 Å². The summed E-state index contributed by atoms with van der Waals surface area (Å²) in [6, 6.07) is 15.6. The molecule has 0 aliphatic heterocycles. The number of ether oxygens (including phenoxy) is 2. The zero-order valence-electron chi connectivity index (χ0n) is 18.6. The number of methoxy groups -OCH3 is 1. The lowest BCUT2D eigenvalue weighted by Crippen LogP contribution is -2.00. The second kappa shape index (κ2) is 11.5. The molecule has 36 heavy (non-hydrogen) atoms. The van der Waals surface area contributed by atoms with E-state index in [0.717, 1.165) is 17.3 Å². The maximum Gasteiger partial charge on any atom is 0.342 e. The molecule has 184 valence electrons. The Bertz CT molecular complexity index is 1430. The van der Waals surface area contributed by atoms with Gasteiger partial charge in [-0.2, -0.15) is 0 Å². The van der Waals surface area contributed by atoms with E-state index in [2.05, 4.69) is 10.2 Å². The van der Waals surface area contributed by atoms with Crippen LogP contribution in [0, 0.1) is 5.82 Å². The van der Waals surface area contributed by atoms with E-state index < -0.39 is 5.97 Å². The maximum absolute atomic E-state index is 13.2. The van der Waals surface area contributed by atoms with Crippen molar-refractivity contribution in [2.75, 3.05) is 7.11 Å². The maximum atomic E-state index is 13.2. The Labute approximate surface area is 219 Å². The topological polar surface area (TPSA) is 94.7 Å². The van der Waals surface area contributed by atoms with E-state index in [0.29, 0.717) is 32.7 Å². The third-order valence-corrected chi connectivity index (χ3v) is 6.09. The summed E-state index contributed by atoms with van der Waals surface area (Å²) in [4.78, 5) is 11.9. The fraction of sp³-hybridized carbons (Fsp3) is 0.0800. The minimum Gasteiger partial charge on any atom is -0.496 e. The Morgan fingerprint density at radius 2 is 1.75 bits per heavy atom. The zero-order chi connectivity index (χ0) is 25.7. The number of halogens is 3. The molecule has 0 amide bonds. The van der Waals surface area contributed by atoms with Gasteiger partial charge in [0.2, 0.25) is 0 Å². The van der Waals surface area contributed by atoms with Crippen LogP contribution in [0.5, 0.6) is 11.5 Å². The van der Waals surface area contributed by atoms with Gasteiger partial charge < -0.3 is 19.0 Å². The monoisotopic (exact) mass is 546 g/mol. The van der Waals surface area contributed by atoms with Crippen LogP contribution in [0.15, 0.2) is 75.2 Å². The van der Waals surface area contributed by atoms with E-state index >= 15 is 0 Å². The molecule has 0 fully saturated rings. The lowest BCUT2D eigenvalue weighted by molar-refractivity contribution is -0.131. The SMILES string of the molecule is COc1ccc(Cl)cc1-c1nnc(S/C(=C\c2cc(Cl)ccc2OCc2ccc(F)cc2)C(=O)O)o1. The van der Waals surface area contributed by atoms with E-state index in [1.54, 1.807) is 48.5 Å². The molecule has 7 nitrogen and oxygen atoms in total. The first kappa shape index (κ1) is 25.6. The van der Waals surface area contributed by atoms with Crippen LogP contribution in [0.3, 0.4) is 0 Å². The van der Waals surface area contributed by atoms with Crippen molar-refractivity contribution in [2.24, 2.45) is 0 Å². The molecule has 0 saturated heterocycles. The summed E-state index contributed by atoms with van der Waals surface area (Å²) in [6.45, 7) is 0.146. The Balaban J connectivity index is 1.59. The first-order valence-corrected chi connectivity index (χ1v) is 11.9. The molecule has 1 N–H and O–H groups in total. The van der Waals surface area contributed by atoms with Gasteiger partial charge >= 0.3 is 5.97 Å². The third-order valence-electron chi connectivity index (χ3n) is 4.77. The molecule has 0 unspecified atom stereocenters. The Morgan fingerprint density at radius 3 is 2.44 bits per heavy atom. The van der Waals surface area contributed by atoms with Gasteiger partial charge in [-0.1, -0.05) is 35.3 Å². The van der Waals surface area contributed by atoms with E-state index in [4.69, 9.17) is 37.1 Å². The summed E-state index contributed by atoms with van der Waals surface area (Å²) >= 11 is 13.0. The van der Waals surface area contributed by atoms with Crippen LogP contribution in [-0.4, -0.2) is 28.4 Å². The lowest BCUT2D eigenvalue weighted by Gasteiger charge is -2.11. The van der Waals surface area contributed by atoms with Crippen molar-refractivity contribution in [1.82, 2.24) is 10.2 Å². The molecule has 0 aliphatic rings. The van der Waals surface area contributed by atoms with Gasteiger partial charge in [0.05, 0.1) is 12.7 Å². The lowest BCUT2D eigenvalue weighted by atomic mass is 10.2. The molecule has 0 radical (unpaired) electrons. The number of hydrogen-bond donors (Lipinski definition) is 1. The quantitative estimate of drug-likeness (QED) is 0.177. The third kappa shape index (κ3) is 6.37. The highest BCUT2D eigenvalue weighted by Gasteiger charge is 2.19. The van der Waals surface area contributed by atoms with Crippen LogP contribution >= 0.6 is 35.0 Å². The van der Waals surface area contributed by atoms with Crippen molar-refractivity contribution in [3.05, 3.63) is 92.6 Å². The number of aliphatic carboxylic acids is 1. The number of carboxylic acids is 1. The number of hydrogen-bond acceptors (Lipinski definition) is 7. The molecule has 3 aromatic carbocycles. The molecule has 0 aliphatic carbocycles. The van der Waals surface area contributed by atoms with Crippen LogP contribution in [0.4, 0.5) is 4.39 Å². The highest BCUT2D eigenvalue weighted by molar-refractivity contribution is 8.03. The molecule has 11 heteroatoms. The van der Waals surface area contributed by atoms with E-state index in [1.807, 2.05) is 0 Å². The number of aromatic nitrogens is 2. The number of thioether (sulfide) groups is 1. The summed E-state index contributed by atoms with van der Waals surface area (Å²) in [5, 5.41) is 18.6. The van der Waals surface area contributed by atoms with Gasteiger partial charge in [0.25, 0.3) is 11.1 Å². The van der Waals surface area contributed by atoms with Gasteiger partial charge in [-0.3, -0.25) is 0 Å². The minimum absolute atomic E-state index is 0.00325. The van der Waals surface area contributed by atoms with Crippen molar-refractivity contribution in [3.63, 3.8) is 0 Å². The van der Waals surface area contributed by atoms with E-state index in [1.165, 1.54) is 25.3 Å². The van der Waals surface area contributed by atoms with Crippen molar-refractivity contribution in [3.8, 4) is 23.0 Å². The molecule has 4 rings (SSSR count). The molecular weight excluding hydrogens is 530 g/mol. The number of carboxylic acid groups (broad SMARTS) is 1. The van der Waals surface area contributed by atoms with Crippen molar-refractivity contribution in [2.45, 2.75) is 11.8 Å². The fourth-order valence-electron chi connectivity index (χ4n) is 3.08. The predicted octanol–water partition coefficient (Wildman–Crippen LogP) is 6.99. The second-order valence-electron chi connectivity index (χ2n) is 7.23. The fourth-order valence-corrected chi connectivity index (χ4v) is 4.10. The van der Waals surface area contributed by atoms with Crippen LogP contribution in [0.2, 0.25) is 10.0 Å². The van der Waals surface area contributed by atoms with Gasteiger partial charge in [0, 0.05) is 15.6 Å². The number of carbonyl (C=O) groups is 1. The Kier molecular flexibility index (Phi) is 8.14.